The summed E-state index contributed by atoms with van der Waals surface area (Å²) in [5.41, 5.74) is 0.579. The summed E-state index contributed by atoms with van der Waals surface area (Å²) in [5.74, 6) is 6.87. The summed E-state index contributed by atoms with van der Waals surface area (Å²) in [4.78, 5) is 0. The number of hydrogen-bond acceptors (Lipinski definition) is 0. The molecule has 1 rings (SSSR count). The van der Waals surface area contributed by atoms with Crippen molar-refractivity contribution < 1.29 is 0 Å². The van der Waals surface area contributed by atoms with Crippen molar-refractivity contribution in [3.8, 4) is 0 Å². The normalized spacial score (nSPS) is 33.6. The van der Waals surface area contributed by atoms with Gasteiger partial charge < -0.3 is 0 Å². The van der Waals surface area contributed by atoms with Crippen LogP contribution in [-0.4, -0.2) is 0 Å². The molecule has 0 N–H and O–H groups in total. The molecule has 6 unspecified atom stereocenters. The molecule has 0 aromatic carbocycles. The van der Waals surface area contributed by atoms with Gasteiger partial charge in [-0.15, -0.1) is 0 Å². The van der Waals surface area contributed by atoms with Gasteiger partial charge in [-0.2, -0.15) is 0 Å². The van der Waals surface area contributed by atoms with E-state index in [9.17, 15) is 0 Å². The average molecular weight is 351 g/mol. The van der Waals surface area contributed by atoms with Gasteiger partial charge in [-0.25, -0.2) is 0 Å². The highest BCUT2D eigenvalue weighted by Crippen LogP contribution is 2.49. The molecule has 0 aliphatic heterocycles. The van der Waals surface area contributed by atoms with Gasteiger partial charge in [-0.3, -0.25) is 0 Å². The highest BCUT2D eigenvalue weighted by molar-refractivity contribution is 4.89. The van der Waals surface area contributed by atoms with Crippen molar-refractivity contribution in [1.29, 1.82) is 0 Å². The molecule has 0 aromatic heterocycles. The van der Waals surface area contributed by atoms with Crippen molar-refractivity contribution >= 4 is 0 Å². The van der Waals surface area contributed by atoms with Crippen LogP contribution in [0.2, 0.25) is 0 Å². The SMILES string of the molecule is CCC1(CC)CC(C)C(C(C)C)CCC(C(C)C(C)C(C)C)C(C)C1. The maximum Gasteiger partial charge on any atom is -0.0297 e. The molecule has 0 heterocycles. The second-order valence-corrected chi connectivity index (χ2v) is 10.7. The molecule has 1 fully saturated rings. The van der Waals surface area contributed by atoms with Crippen LogP contribution in [0.5, 0.6) is 0 Å². The van der Waals surface area contributed by atoms with Gasteiger partial charge in [0.2, 0.25) is 0 Å². The summed E-state index contributed by atoms with van der Waals surface area (Å²) < 4.78 is 0. The van der Waals surface area contributed by atoms with Crippen LogP contribution in [-0.2, 0) is 0 Å². The van der Waals surface area contributed by atoms with E-state index in [-0.39, 0.29) is 0 Å². The summed E-state index contributed by atoms with van der Waals surface area (Å²) in [6.45, 7) is 24.9. The quantitative estimate of drug-likeness (QED) is 0.450. The first kappa shape index (κ1) is 23.0. The first-order chi connectivity index (χ1) is 11.6. The minimum Gasteiger partial charge on any atom is -0.0649 e. The Morgan fingerprint density at radius 1 is 0.760 bits per heavy atom. The Morgan fingerprint density at radius 3 is 1.60 bits per heavy atom. The zero-order valence-corrected chi connectivity index (χ0v) is 19.4. The predicted molar refractivity (Wildman–Crippen MR) is 115 cm³/mol. The maximum absolute atomic E-state index is 2.59. The van der Waals surface area contributed by atoms with Gasteiger partial charge in [-0.1, -0.05) is 82.1 Å². The van der Waals surface area contributed by atoms with Gasteiger partial charge in [0.15, 0.2) is 0 Å². The molecule has 0 spiro atoms. The van der Waals surface area contributed by atoms with Crippen molar-refractivity contribution in [3.05, 3.63) is 0 Å². The molecule has 150 valence electrons. The van der Waals surface area contributed by atoms with Crippen LogP contribution < -0.4 is 0 Å². The lowest BCUT2D eigenvalue weighted by atomic mass is 9.65. The first-order valence-electron chi connectivity index (χ1n) is 11.6. The van der Waals surface area contributed by atoms with E-state index < -0.39 is 0 Å². The zero-order valence-electron chi connectivity index (χ0n) is 19.4. The Balaban J connectivity index is 3.16. The lowest BCUT2D eigenvalue weighted by Crippen LogP contribution is -2.31. The van der Waals surface area contributed by atoms with Crippen molar-refractivity contribution in [3.63, 3.8) is 0 Å². The summed E-state index contributed by atoms with van der Waals surface area (Å²) in [6, 6.07) is 0. The third kappa shape index (κ3) is 5.74. The van der Waals surface area contributed by atoms with Gasteiger partial charge in [0.25, 0.3) is 0 Å². The molecular formula is C25H50. The second-order valence-electron chi connectivity index (χ2n) is 10.7. The van der Waals surface area contributed by atoms with Crippen LogP contribution in [0.25, 0.3) is 0 Å². The zero-order chi connectivity index (χ0) is 19.4. The van der Waals surface area contributed by atoms with Crippen LogP contribution in [0.15, 0.2) is 0 Å². The molecule has 6 atom stereocenters. The third-order valence-electron chi connectivity index (χ3n) is 8.72. The summed E-state index contributed by atoms with van der Waals surface area (Å²) in [7, 11) is 0. The highest BCUT2D eigenvalue weighted by Gasteiger charge is 2.39. The van der Waals surface area contributed by atoms with Crippen LogP contribution in [0.3, 0.4) is 0 Å². The van der Waals surface area contributed by atoms with Gasteiger partial charge in [-0.05, 0) is 78.4 Å². The van der Waals surface area contributed by atoms with Gasteiger partial charge in [0.1, 0.15) is 0 Å². The van der Waals surface area contributed by atoms with Crippen molar-refractivity contribution in [2.75, 3.05) is 0 Å². The molecule has 0 radical (unpaired) electrons. The van der Waals surface area contributed by atoms with E-state index in [0.29, 0.717) is 5.41 Å². The van der Waals surface area contributed by atoms with Gasteiger partial charge in [0.05, 0.1) is 0 Å². The molecule has 1 aliphatic rings. The van der Waals surface area contributed by atoms with Crippen LogP contribution in [0.1, 0.15) is 108 Å². The minimum absolute atomic E-state index is 0.579. The fraction of sp³-hybridized carbons (Fsp3) is 1.00. The molecule has 0 heteroatoms. The molecule has 1 saturated carbocycles. The second kappa shape index (κ2) is 9.80. The largest absolute Gasteiger partial charge is 0.0649 e. The monoisotopic (exact) mass is 350 g/mol. The van der Waals surface area contributed by atoms with Crippen molar-refractivity contribution in [2.45, 2.75) is 108 Å². The summed E-state index contributed by atoms with van der Waals surface area (Å²) in [5, 5.41) is 0. The van der Waals surface area contributed by atoms with Crippen LogP contribution in [0.4, 0.5) is 0 Å². The Bertz CT molecular complexity index is 362. The molecule has 0 nitrogen and oxygen atoms in total. The van der Waals surface area contributed by atoms with Crippen LogP contribution >= 0.6 is 0 Å². The Kier molecular flexibility index (Phi) is 9.03. The fourth-order valence-electron chi connectivity index (χ4n) is 6.30. The lowest BCUT2D eigenvalue weighted by molar-refractivity contribution is 0.0955. The van der Waals surface area contributed by atoms with E-state index in [1.54, 1.807) is 0 Å². The van der Waals surface area contributed by atoms with E-state index in [4.69, 9.17) is 0 Å². The molecular weight excluding hydrogens is 300 g/mol. The number of hydrogen-bond donors (Lipinski definition) is 0. The molecule has 1 aliphatic carbocycles. The van der Waals surface area contributed by atoms with Crippen molar-refractivity contribution in [1.82, 2.24) is 0 Å². The topological polar surface area (TPSA) is 0 Å². The third-order valence-corrected chi connectivity index (χ3v) is 8.72. The Morgan fingerprint density at radius 2 is 1.20 bits per heavy atom. The van der Waals surface area contributed by atoms with Crippen molar-refractivity contribution in [2.24, 2.45) is 52.8 Å². The average Bonchev–Trinajstić information content (AvgIpc) is 2.60. The highest BCUT2D eigenvalue weighted by atomic mass is 14.4. The summed E-state index contributed by atoms with van der Waals surface area (Å²) >= 11 is 0. The van der Waals surface area contributed by atoms with E-state index in [1.165, 1.54) is 38.5 Å². The molecule has 0 saturated heterocycles. The van der Waals surface area contributed by atoms with E-state index in [2.05, 4.69) is 69.2 Å². The summed E-state index contributed by atoms with van der Waals surface area (Å²) in [6.07, 6.45) is 8.54. The van der Waals surface area contributed by atoms with Gasteiger partial charge in [0, 0.05) is 0 Å². The van der Waals surface area contributed by atoms with Crippen LogP contribution in [0, 0.1) is 52.8 Å². The first-order valence-corrected chi connectivity index (χ1v) is 11.6. The predicted octanol–water partition coefficient (Wildman–Crippen LogP) is 8.46. The minimum atomic E-state index is 0.579. The molecule has 25 heavy (non-hydrogen) atoms. The maximum atomic E-state index is 2.59. The molecule has 0 aromatic rings. The van der Waals surface area contributed by atoms with E-state index >= 15 is 0 Å². The standard InChI is InChI=1S/C25H50/c1-11-25(12-2)15-19(7)23(18(5)6)13-14-24(20(8)16-25)22(10)21(9)17(3)4/h17-24H,11-16H2,1-10H3. The lowest BCUT2D eigenvalue weighted by Gasteiger charge is -2.41. The molecule has 0 bridgehead atoms. The Labute approximate surface area is 160 Å². The fourth-order valence-corrected chi connectivity index (χ4v) is 6.30. The Hall–Kier alpha value is 0. The molecule has 0 amide bonds. The number of rotatable bonds is 6. The van der Waals surface area contributed by atoms with E-state index in [1.807, 2.05) is 0 Å². The van der Waals surface area contributed by atoms with Gasteiger partial charge >= 0.3 is 0 Å². The van der Waals surface area contributed by atoms with E-state index in [0.717, 1.165) is 47.3 Å². The smallest absolute Gasteiger partial charge is 0.0297 e.